The fourth-order valence-electron chi connectivity index (χ4n) is 3.70. The Labute approximate surface area is 185 Å². The summed E-state index contributed by atoms with van der Waals surface area (Å²) in [5.41, 5.74) is 4.51. The number of hydrogen-bond acceptors (Lipinski definition) is 6. The van der Waals surface area contributed by atoms with Gasteiger partial charge in [-0.05, 0) is 62.2 Å². The van der Waals surface area contributed by atoms with Gasteiger partial charge in [-0.2, -0.15) is 0 Å². The molecule has 2 heterocycles. The van der Waals surface area contributed by atoms with Crippen LogP contribution in [0, 0.1) is 6.92 Å². The molecule has 0 amide bonds. The second-order valence-electron chi connectivity index (χ2n) is 7.46. The summed E-state index contributed by atoms with van der Waals surface area (Å²) < 4.78 is 7.36. The molecule has 2 aromatic carbocycles. The summed E-state index contributed by atoms with van der Waals surface area (Å²) in [5, 5.41) is 10.5. The molecule has 4 aromatic rings. The van der Waals surface area contributed by atoms with E-state index in [9.17, 15) is 4.79 Å². The summed E-state index contributed by atoms with van der Waals surface area (Å²) in [6.45, 7) is 8.26. The Hall–Kier alpha value is -3.06. The molecule has 0 aliphatic heterocycles. The molecule has 0 saturated carbocycles. The molecule has 0 saturated heterocycles. The SMILES string of the molecule is CCN(CC)c1ccc(-c2nnc(SCc3cc(=O)oc4cc(C)ccc34)n2C)cc1. The van der Waals surface area contributed by atoms with Crippen LogP contribution >= 0.6 is 11.8 Å². The van der Waals surface area contributed by atoms with Crippen LogP contribution in [0.3, 0.4) is 0 Å². The van der Waals surface area contributed by atoms with E-state index in [4.69, 9.17) is 4.42 Å². The molecule has 6 nitrogen and oxygen atoms in total. The van der Waals surface area contributed by atoms with Crippen LogP contribution in [0.1, 0.15) is 25.0 Å². The van der Waals surface area contributed by atoms with Crippen LogP contribution in [-0.2, 0) is 12.8 Å². The van der Waals surface area contributed by atoms with E-state index in [0.717, 1.165) is 46.1 Å². The summed E-state index contributed by atoms with van der Waals surface area (Å²) >= 11 is 1.56. The van der Waals surface area contributed by atoms with Gasteiger partial charge in [0.2, 0.25) is 0 Å². The Bertz CT molecular complexity index is 1260. The lowest BCUT2D eigenvalue weighted by molar-refractivity contribution is 0.559. The first-order valence-electron chi connectivity index (χ1n) is 10.4. The number of nitrogens with zero attached hydrogens (tertiary/aromatic N) is 4. The van der Waals surface area contributed by atoms with Crippen LogP contribution < -0.4 is 10.5 Å². The minimum Gasteiger partial charge on any atom is -0.423 e. The number of benzene rings is 2. The fourth-order valence-corrected chi connectivity index (χ4v) is 4.60. The van der Waals surface area contributed by atoms with Crippen molar-refractivity contribution in [3.8, 4) is 11.4 Å². The molecule has 0 fully saturated rings. The van der Waals surface area contributed by atoms with Gasteiger partial charge in [0.05, 0.1) is 0 Å². The van der Waals surface area contributed by atoms with E-state index >= 15 is 0 Å². The standard InChI is InChI=1S/C24H26N4O2S/c1-5-28(6-2)19-10-8-17(9-11-19)23-25-26-24(27(23)4)31-15-18-14-22(29)30-21-13-16(3)7-12-20(18)21/h7-14H,5-6,15H2,1-4H3. The number of anilines is 1. The van der Waals surface area contributed by atoms with Crippen LogP contribution in [0.2, 0.25) is 0 Å². The number of fused-ring (bicyclic) bond motifs is 1. The first-order chi connectivity index (χ1) is 15.0. The van der Waals surface area contributed by atoms with E-state index < -0.39 is 0 Å². The van der Waals surface area contributed by atoms with Gasteiger partial charge in [0.25, 0.3) is 0 Å². The fraction of sp³-hybridized carbons (Fsp3) is 0.292. The Morgan fingerprint density at radius 1 is 1.03 bits per heavy atom. The van der Waals surface area contributed by atoms with Gasteiger partial charge in [0.1, 0.15) is 5.58 Å². The molecule has 160 valence electrons. The monoisotopic (exact) mass is 434 g/mol. The number of aromatic nitrogens is 3. The highest BCUT2D eigenvalue weighted by molar-refractivity contribution is 7.98. The van der Waals surface area contributed by atoms with E-state index in [1.54, 1.807) is 17.8 Å². The van der Waals surface area contributed by atoms with Gasteiger partial charge in [-0.1, -0.05) is 23.9 Å². The Balaban J connectivity index is 1.56. The minimum atomic E-state index is -0.333. The Morgan fingerprint density at radius 2 is 1.77 bits per heavy atom. The van der Waals surface area contributed by atoms with Gasteiger partial charge in [-0.3, -0.25) is 0 Å². The smallest absolute Gasteiger partial charge is 0.336 e. The first kappa shape index (κ1) is 21.2. The lowest BCUT2D eigenvalue weighted by atomic mass is 10.1. The van der Waals surface area contributed by atoms with Crippen LogP contribution in [0.4, 0.5) is 5.69 Å². The lowest BCUT2D eigenvalue weighted by Crippen LogP contribution is -2.21. The largest absolute Gasteiger partial charge is 0.423 e. The van der Waals surface area contributed by atoms with Gasteiger partial charge in [0, 0.05) is 48.6 Å². The van der Waals surface area contributed by atoms with Gasteiger partial charge >= 0.3 is 5.63 Å². The quantitative estimate of drug-likeness (QED) is 0.300. The molecule has 0 spiro atoms. The summed E-state index contributed by atoms with van der Waals surface area (Å²) in [4.78, 5) is 14.3. The third kappa shape index (κ3) is 4.37. The average molecular weight is 435 g/mol. The highest BCUT2D eigenvalue weighted by Gasteiger charge is 2.14. The van der Waals surface area contributed by atoms with E-state index in [0.29, 0.717) is 11.3 Å². The predicted molar refractivity (Wildman–Crippen MR) is 127 cm³/mol. The van der Waals surface area contributed by atoms with E-state index in [2.05, 4.69) is 53.2 Å². The molecule has 31 heavy (non-hydrogen) atoms. The summed E-state index contributed by atoms with van der Waals surface area (Å²) in [7, 11) is 1.97. The molecule has 0 bridgehead atoms. The Kier molecular flexibility index (Phi) is 6.13. The highest BCUT2D eigenvalue weighted by atomic mass is 32.2. The van der Waals surface area contributed by atoms with Crippen molar-refractivity contribution in [2.24, 2.45) is 7.05 Å². The molecule has 0 unspecified atom stereocenters. The highest BCUT2D eigenvalue weighted by Crippen LogP contribution is 2.29. The maximum Gasteiger partial charge on any atom is 0.336 e. The van der Waals surface area contributed by atoms with Crippen molar-refractivity contribution in [1.82, 2.24) is 14.8 Å². The molecule has 0 atom stereocenters. The number of thioether (sulfide) groups is 1. The average Bonchev–Trinajstić information content (AvgIpc) is 3.13. The van der Waals surface area contributed by atoms with Crippen molar-refractivity contribution in [2.45, 2.75) is 31.7 Å². The molecule has 0 aliphatic carbocycles. The van der Waals surface area contributed by atoms with Crippen LogP contribution in [0.15, 0.2) is 62.9 Å². The zero-order chi connectivity index (χ0) is 22.0. The summed E-state index contributed by atoms with van der Waals surface area (Å²) in [5.74, 6) is 1.43. The molecule has 2 aromatic heterocycles. The summed E-state index contributed by atoms with van der Waals surface area (Å²) in [6, 6.07) is 15.9. The zero-order valence-electron chi connectivity index (χ0n) is 18.3. The molecule has 7 heteroatoms. The lowest BCUT2D eigenvalue weighted by Gasteiger charge is -2.21. The molecule has 4 rings (SSSR count). The topological polar surface area (TPSA) is 64.2 Å². The van der Waals surface area contributed by atoms with E-state index in [1.165, 1.54) is 5.69 Å². The number of hydrogen-bond donors (Lipinski definition) is 0. The van der Waals surface area contributed by atoms with Crippen molar-refractivity contribution < 1.29 is 4.42 Å². The second kappa shape index (κ2) is 8.98. The third-order valence-corrected chi connectivity index (χ3v) is 6.50. The second-order valence-corrected chi connectivity index (χ2v) is 8.41. The maximum absolute atomic E-state index is 12.0. The Morgan fingerprint density at radius 3 is 2.48 bits per heavy atom. The van der Waals surface area contributed by atoms with Crippen molar-refractivity contribution in [2.75, 3.05) is 18.0 Å². The predicted octanol–water partition coefficient (Wildman–Crippen LogP) is 5.04. The van der Waals surface area contributed by atoms with Gasteiger partial charge in [0.15, 0.2) is 11.0 Å². The van der Waals surface area contributed by atoms with Crippen LogP contribution in [0.25, 0.3) is 22.4 Å². The van der Waals surface area contributed by atoms with Crippen molar-refractivity contribution in [1.29, 1.82) is 0 Å². The van der Waals surface area contributed by atoms with E-state index in [-0.39, 0.29) is 5.63 Å². The summed E-state index contributed by atoms with van der Waals surface area (Å²) in [6.07, 6.45) is 0. The molecular weight excluding hydrogens is 408 g/mol. The van der Waals surface area contributed by atoms with Crippen molar-refractivity contribution in [3.63, 3.8) is 0 Å². The molecule has 0 aliphatic rings. The normalized spacial score (nSPS) is 11.2. The van der Waals surface area contributed by atoms with Crippen LogP contribution in [-0.4, -0.2) is 27.9 Å². The van der Waals surface area contributed by atoms with Crippen molar-refractivity contribution in [3.05, 3.63) is 70.1 Å². The maximum atomic E-state index is 12.0. The van der Waals surface area contributed by atoms with Gasteiger partial charge in [-0.15, -0.1) is 10.2 Å². The third-order valence-electron chi connectivity index (χ3n) is 5.43. The minimum absolute atomic E-state index is 0.333. The number of aryl methyl sites for hydroxylation is 1. The van der Waals surface area contributed by atoms with E-state index in [1.807, 2.05) is 36.7 Å². The molecule has 0 N–H and O–H groups in total. The number of rotatable bonds is 7. The zero-order valence-corrected chi connectivity index (χ0v) is 19.1. The molecule has 0 radical (unpaired) electrons. The van der Waals surface area contributed by atoms with Gasteiger partial charge in [-0.25, -0.2) is 4.79 Å². The first-order valence-corrected chi connectivity index (χ1v) is 11.4. The van der Waals surface area contributed by atoms with Gasteiger partial charge < -0.3 is 13.9 Å². The van der Waals surface area contributed by atoms with Crippen molar-refractivity contribution >= 4 is 28.4 Å². The van der Waals surface area contributed by atoms with Crippen LogP contribution in [0.5, 0.6) is 0 Å². The molecular formula is C24H26N4O2S.